The minimum Gasteiger partial charge on any atom is -0.324 e. The monoisotopic (exact) mass is 316 g/mol. The summed E-state index contributed by atoms with van der Waals surface area (Å²) in [5.41, 5.74) is -0.518. The van der Waals surface area contributed by atoms with E-state index >= 15 is 0 Å². The lowest BCUT2D eigenvalue weighted by atomic mass is 10.2. The van der Waals surface area contributed by atoms with Crippen LogP contribution in [0.25, 0.3) is 0 Å². The van der Waals surface area contributed by atoms with Gasteiger partial charge in [-0.15, -0.1) is 0 Å². The van der Waals surface area contributed by atoms with E-state index in [1.54, 1.807) is 0 Å². The molecule has 1 heterocycles. The molecule has 2 rings (SSSR count). The molecule has 0 bridgehead atoms. The van der Waals surface area contributed by atoms with Gasteiger partial charge in [0.15, 0.2) is 0 Å². The van der Waals surface area contributed by atoms with Crippen LogP contribution in [0.4, 0.5) is 24.8 Å². The molecule has 0 spiro atoms. The highest BCUT2D eigenvalue weighted by Gasteiger charge is 2.30. The number of hydrogen-bond acceptors (Lipinski definition) is 4. The van der Waals surface area contributed by atoms with Crippen LogP contribution < -0.4 is 5.32 Å². The van der Waals surface area contributed by atoms with Crippen molar-refractivity contribution in [2.75, 3.05) is 5.32 Å². The van der Waals surface area contributed by atoms with E-state index in [2.05, 4.69) is 20.3 Å². The minimum absolute atomic E-state index is 0.00271. The second kappa shape index (κ2) is 6.26. The Kier molecular flexibility index (Phi) is 4.62. The smallest absolute Gasteiger partial charge is 0.324 e. The quantitative estimate of drug-likeness (QED) is 0.916. The molecule has 112 valence electrons. The molecule has 0 aliphatic carbocycles. The van der Waals surface area contributed by atoms with Gasteiger partial charge in [-0.25, -0.2) is 4.98 Å². The van der Waals surface area contributed by atoms with Gasteiger partial charge in [0.05, 0.1) is 5.56 Å². The van der Waals surface area contributed by atoms with Crippen LogP contribution in [-0.2, 0) is 12.6 Å². The number of nitrogens with one attached hydrogen (secondary N) is 1. The molecule has 1 aromatic heterocycles. The molecule has 21 heavy (non-hydrogen) atoms. The molecule has 2 aromatic rings. The maximum absolute atomic E-state index is 12.6. The Morgan fingerprint density at radius 2 is 1.95 bits per heavy atom. The molecule has 0 fully saturated rings. The van der Waals surface area contributed by atoms with Crippen molar-refractivity contribution in [3.05, 3.63) is 40.9 Å². The highest BCUT2D eigenvalue weighted by molar-refractivity contribution is 6.28. The van der Waals surface area contributed by atoms with E-state index in [-0.39, 0.29) is 16.9 Å². The van der Waals surface area contributed by atoms with Crippen LogP contribution in [0.15, 0.2) is 24.3 Å². The lowest BCUT2D eigenvalue weighted by Crippen LogP contribution is -2.07. The van der Waals surface area contributed by atoms with Crippen molar-refractivity contribution in [1.29, 1.82) is 0 Å². The molecule has 0 saturated heterocycles. The second-order valence-electron chi connectivity index (χ2n) is 4.30. The first-order valence-electron chi connectivity index (χ1n) is 6.23. The van der Waals surface area contributed by atoms with Gasteiger partial charge in [-0.2, -0.15) is 23.1 Å². The number of rotatable bonds is 4. The van der Waals surface area contributed by atoms with Gasteiger partial charge in [-0.3, -0.25) is 0 Å². The number of benzene rings is 1. The predicted molar refractivity (Wildman–Crippen MR) is 73.6 cm³/mol. The van der Waals surface area contributed by atoms with Crippen LogP contribution in [0.1, 0.15) is 24.7 Å². The fraction of sp³-hybridized carbons (Fsp3) is 0.308. The van der Waals surface area contributed by atoms with E-state index in [0.717, 1.165) is 18.6 Å². The minimum atomic E-state index is -4.40. The SMILES string of the molecule is CCCc1nc(Cl)nc(Nc2cccc(C(F)(F)F)c2)n1. The first-order valence-corrected chi connectivity index (χ1v) is 6.61. The zero-order valence-corrected chi connectivity index (χ0v) is 11.8. The number of nitrogens with zero attached hydrogens (tertiary/aromatic N) is 3. The topological polar surface area (TPSA) is 50.7 Å². The molecule has 0 aliphatic rings. The van der Waals surface area contributed by atoms with Crippen molar-refractivity contribution in [2.24, 2.45) is 0 Å². The number of hydrogen-bond donors (Lipinski definition) is 1. The Morgan fingerprint density at radius 1 is 1.19 bits per heavy atom. The molecular formula is C13H12ClF3N4. The van der Waals surface area contributed by atoms with Crippen molar-refractivity contribution < 1.29 is 13.2 Å². The number of halogens is 4. The van der Waals surface area contributed by atoms with Crippen molar-refractivity contribution in [2.45, 2.75) is 25.9 Å². The number of aryl methyl sites for hydroxylation is 1. The summed E-state index contributed by atoms with van der Waals surface area (Å²) in [4.78, 5) is 11.9. The molecule has 4 nitrogen and oxygen atoms in total. The standard InChI is InChI=1S/C13H12ClF3N4/c1-2-4-10-19-11(14)21-12(20-10)18-9-6-3-5-8(7-9)13(15,16)17/h3,5-7H,2,4H2,1H3,(H,18,19,20,21). The second-order valence-corrected chi connectivity index (χ2v) is 4.64. The molecular weight excluding hydrogens is 305 g/mol. The van der Waals surface area contributed by atoms with E-state index in [9.17, 15) is 13.2 Å². The highest BCUT2D eigenvalue weighted by atomic mass is 35.5. The summed E-state index contributed by atoms with van der Waals surface area (Å²) in [5.74, 6) is 0.616. The number of alkyl halides is 3. The molecule has 0 amide bonds. The average Bonchev–Trinajstić information content (AvgIpc) is 2.37. The number of aromatic nitrogens is 3. The summed E-state index contributed by atoms with van der Waals surface area (Å²) in [7, 11) is 0. The average molecular weight is 317 g/mol. The fourth-order valence-electron chi connectivity index (χ4n) is 1.68. The summed E-state index contributed by atoms with van der Waals surface area (Å²) < 4.78 is 37.9. The van der Waals surface area contributed by atoms with Crippen LogP contribution in [0, 0.1) is 0 Å². The first kappa shape index (κ1) is 15.5. The summed E-state index contributed by atoms with van der Waals surface area (Å²) in [6.07, 6.45) is -2.97. The molecule has 8 heteroatoms. The predicted octanol–water partition coefficient (Wildman–Crippen LogP) is 4.24. The summed E-state index contributed by atoms with van der Waals surface area (Å²) >= 11 is 5.77. The van der Waals surface area contributed by atoms with Gasteiger partial charge in [-0.05, 0) is 36.2 Å². The highest BCUT2D eigenvalue weighted by Crippen LogP contribution is 2.31. The number of anilines is 2. The van der Waals surface area contributed by atoms with Crippen molar-refractivity contribution >= 4 is 23.2 Å². The van der Waals surface area contributed by atoms with Crippen LogP contribution in [-0.4, -0.2) is 15.0 Å². The van der Waals surface area contributed by atoms with Gasteiger partial charge in [-0.1, -0.05) is 13.0 Å². The normalized spacial score (nSPS) is 11.5. The maximum Gasteiger partial charge on any atom is 0.416 e. The van der Waals surface area contributed by atoms with E-state index in [4.69, 9.17) is 11.6 Å². The lowest BCUT2D eigenvalue weighted by molar-refractivity contribution is -0.137. The third-order valence-electron chi connectivity index (χ3n) is 2.57. The molecule has 0 unspecified atom stereocenters. The van der Waals surface area contributed by atoms with Gasteiger partial charge in [0, 0.05) is 12.1 Å². The van der Waals surface area contributed by atoms with E-state index in [0.29, 0.717) is 12.2 Å². The molecule has 1 aromatic carbocycles. The Hall–Kier alpha value is -1.89. The van der Waals surface area contributed by atoms with Crippen LogP contribution >= 0.6 is 11.6 Å². The van der Waals surface area contributed by atoms with Crippen molar-refractivity contribution in [1.82, 2.24) is 15.0 Å². The van der Waals surface area contributed by atoms with E-state index < -0.39 is 11.7 Å². The van der Waals surface area contributed by atoms with Crippen molar-refractivity contribution in [3.8, 4) is 0 Å². The van der Waals surface area contributed by atoms with E-state index in [1.807, 2.05) is 6.92 Å². The maximum atomic E-state index is 12.6. The zero-order chi connectivity index (χ0) is 15.5. The molecule has 0 atom stereocenters. The van der Waals surface area contributed by atoms with Gasteiger partial charge < -0.3 is 5.32 Å². The Bertz CT molecular complexity index is 631. The van der Waals surface area contributed by atoms with E-state index in [1.165, 1.54) is 12.1 Å². The molecule has 0 saturated carbocycles. The van der Waals surface area contributed by atoms with Crippen LogP contribution in [0.5, 0.6) is 0 Å². The summed E-state index contributed by atoms with van der Waals surface area (Å²) in [6.45, 7) is 1.96. The fourth-order valence-corrected chi connectivity index (χ4v) is 1.86. The van der Waals surface area contributed by atoms with Gasteiger partial charge in [0.2, 0.25) is 11.2 Å². The van der Waals surface area contributed by atoms with Gasteiger partial charge >= 0.3 is 6.18 Å². The van der Waals surface area contributed by atoms with Gasteiger partial charge in [0.1, 0.15) is 5.82 Å². The molecule has 0 radical (unpaired) electrons. The Balaban J connectivity index is 2.26. The Morgan fingerprint density at radius 3 is 2.62 bits per heavy atom. The summed E-state index contributed by atoms with van der Waals surface area (Å²) in [6, 6.07) is 4.78. The molecule has 0 aliphatic heterocycles. The third kappa shape index (κ3) is 4.29. The molecule has 1 N–H and O–H groups in total. The largest absolute Gasteiger partial charge is 0.416 e. The van der Waals surface area contributed by atoms with Crippen LogP contribution in [0.3, 0.4) is 0 Å². The first-order chi connectivity index (χ1) is 9.88. The lowest BCUT2D eigenvalue weighted by Gasteiger charge is -2.10. The third-order valence-corrected chi connectivity index (χ3v) is 2.74. The van der Waals surface area contributed by atoms with Crippen LogP contribution in [0.2, 0.25) is 5.28 Å². The zero-order valence-electron chi connectivity index (χ0n) is 11.1. The Labute approximate surface area is 124 Å². The van der Waals surface area contributed by atoms with Crippen molar-refractivity contribution in [3.63, 3.8) is 0 Å². The van der Waals surface area contributed by atoms with Gasteiger partial charge in [0.25, 0.3) is 0 Å². The summed E-state index contributed by atoms with van der Waals surface area (Å²) in [5, 5.41) is 2.71.